The van der Waals surface area contributed by atoms with Crippen LogP contribution in [0.15, 0.2) is 24.3 Å². The number of rotatable bonds is 2. The lowest BCUT2D eigenvalue weighted by atomic mass is 10.0. The summed E-state index contributed by atoms with van der Waals surface area (Å²) in [4.78, 5) is 14.2. The predicted molar refractivity (Wildman–Crippen MR) is 79.6 cm³/mol. The van der Waals surface area contributed by atoms with Crippen LogP contribution in [-0.4, -0.2) is 25.0 Å². The molecule has 2 rings (SSSR count). The Balaban J connectivity index is 2.15. The summed E-state index contributed by atoms with van der Waals surface area (Å²) < 4.78 is 0. The first-order valence-corrected chi connectivity index (χ1v) is 7.21. The summed E-state index contributed by atoms with van der Waals surface area (Å²) in [6, 6.07) is 8.69. The van der Waals surface area contributed by atoms with Crippen molar-refractivity contribution in [3.05, 3.63) is 29.8 Å². The molecular formula is C16H24N2O. The van der Waals surface area contributed by atoms with Gasteiger partial charge in [0.2, 0.25) is 5.91 Å². The second kappa shape index (κ2) is 6.20. The molecule has 3 heteroatoms. The molecule has 0 bridgehead atoms. The normalized spacial score (nSPS) is 21.4. The fourth-order valence-electron chi connectivity index (χ4n) is 2.47. The van der Waals surface area contributed by atoms with Crippen LogP contribution in [0.4, 0.5) is 5.69 Å². The molecule has 0 saturated carbocycles. The van der Waals surface area contributed by atoms with Gasteiger partial charge in [0.1, 0.15) is 0 Å². The lowest BCUT2D eigenvalue weighted by Crippen LogP contribution is -2.42. The molecule has 1 aromatic rings. The fourth-order valence-corrected chi connectivity index (χ4v) is 2.47. The molecule has 19 heavy (non-hydrogen) atoms. The Morgan fingerprint density at radius 1 is 1.26 bits per heavy atom. The summed E-state index contributed by atoms with van der Waals surface area (Å²) in [6.45, 7) is 8.23. The molecule has 1 aromatic carbocycles. The molecule has 1 saturated heterocycles. The van der Waals surface area contributed by atoms with Gasteiger partial charge in [-0.25, -0.2) is 0 Å². The average molecular weight is 260 g/mol. The number of nitrogens with zero attached hydrogens (tertiary/aromatic N) is 1. The van der Waals surface area contributed by atoms with Crippen molar-refractivity contribution in [3.8, 4) is 0 Å². The smallest absolute Gasteiger partial charge is 0.228 e. The zero-order valence-electron chi connectivity index (χ0n) is 12.1. The first-order chi connectivity index (χ1) is 9.08. The third kappa shape index (κ3) is 3.57. The van der Waals surface area contributed by atoms with Gasteiger partial charge in [0.25, 0.3) is 0 Å². The summed E-state index contributed by atoms with van der Waals surface area (Å²) >= 11 is 0. The van der Waals surface area contributed by atoms with E-state index >= 15 is 0 Å². The van der Waals surface area contributed by atoms with E-state index in [4.69, 9.17) is 0 Å². The maximum Gasteiger partial charge on any atom is 0.228 e. The number of hydrogen-bond acceptors (Lipinski definition) is 2. The summed E-state index contributed by atoms with van der Waals surface area (Å²) in [5.74, 6) is 0.748. The number of benzene rings is 1. The number of anilines is 1. The lowest BCUT2D eigenvalue weighted by Gasteiger charge is -2.28. The molecule has 1 heterocycles. The van der Waals surface area contributed by atoms with Crippen molar-refractivity contribution in [3.63, 3.8) is 0 Å². The highest BCUT2D eigenvalue weighted by molar-refractivity contribution is 5.93. The van der Waals surface area contributed by atoms with E-state index in [9.17, 15) is 4.79 Å². The molecule has 104 valence electrons. The van der Waals surface area contributed by atoms with Crippen molar-refractivity contribution in [2.24, 2.45) is 0 Å². The molecular weight excluding hydrogens is 236 g/mol. The van der Waals surface area contributed by atoms with E-state index in [2.05, 4.69) is 50.4 Å². The number of amides is 1. The Labute approximate surface area is 116 Å². The van der Waals surface area contributed by atoms with E-state index in [0.717, 1.165) is 25.2 Å². The summed E-state index contributed by atoms with van der Waals surface area (Å²) in [7, 11) is 0. The first-order valence-electron chi connectivity index (χ1n) is 7.21. The average Bonchev–Trinajstić information content (AvgIpc) is 2.36. The van der Waals surface area contributed by atoms with E-state index in [1.807, 2.05) is 4.90 Å². The molecule has 1 unspecified atom stereocenters. The fraction of sp³-hybridized carbons (Fsp3) is 0.562. The highest BCUT2D eigenvalue weighted by Crippen LogP contribution is 2.21. The van der Waals surface area contributed by atoms with Crippen molar-refractivity contribution >= 4 is 11.6 Å². The van der Waals surface area contributed by atoms with Gasteiger partial charge in [0.05, 0.1) is 0 Å². The molecule has 1 fully saturated rings. The van der Waals surface area contributed by atoms with Crippen molar-refractivity contribution in [2.75, 3.05) is 18.0 Å². The summed E-state index contributed by atoms with van der Waals surface area (Å²) in [6.07, 6.45) is 1.58. The zero-order valence-corrected chi connectivity index (χ0v) is 12.1. The number of carbonyl (C=O) groups is 1. The topological polar surface area (TPSA) is 32.3 Å². The van der Waals surface area contributed by atoms with Gasteiger partial charge in [-0.05, 0) is 43.5 Å². The molecule has 1 N–H and O–H groups in total. The summed E-state index contributed by atoms with van der Waals surface area (Å²) in [5.41, 5.74) is 2.35. The number of carbonyl (C=O) groups excluding carboxylic acids is 1. The van der Waals surface area contributed by atoms with Crippen LogP contribution in [-0.2, 0) is 4.79 Å². The molecule has 0 radical (unpaired) electrons. The molecule has 3 nitrogen and oxygen atoms in total. The SMILES string of the molecule is CC1CC(=O)N(c2ccc(C(C)C)cc2)CCCN1. The van der Waals surface area contributed by atoms with Crippen LogP contribution in [0.3, 0.4) is 0 Å². The maximum absolute atomic E-state index is 12.3. The van der Waals surface area contributed by atoms with E-state index in [-0.39, 0.29) is 11.9 Å². The quantitative estimate of drug-likeness (QED) is 0.886. The van der Waals surface area contributed by atoms with Crippen molar-refractivity contribution in [2.45, 2.75) is 45.6 Å². The largest absolute Gasteiger partial charge is 0.314 e. The molecule has 1 aliphatic heterocycles. The van der Waals surface area contributed by atoms with Crippen molar-refractivity contribution < 1.29 is 4.79 Å². The Kier molecular flexibility index (Phi) is 4.59. The minimum absolute atomic E-state index is 0.219. The van der Waals surface area contributed by atoms with Crippen molar-refractivity contribution in [1.82, 2.24) is 5.32 Å². The zero-order chi connectivity index (χ0) is 13.8. The lowest BCUT2D eigenvalue weighted by molar-refractivity contribution is -0.119. The van der Waals surface area contributed by atoms with E-state index in [1.165, 1.54) is 5.56 Å². The highest BCUT2D eigenvalue weighted by Gasteiger charge is 2.20. The Bertz CT molecular complexity index is 425. The third-order valence-corrected chi connectivity index (χ3v) is 3.70. The van der Waals surface area contributed by atoms with Gasteiger partial charge in [0.15, 0.2) is 0 Å². The first kappa shape index (κ1) is 14.1. The van der Waals surface area contributed by atoms with Gasteiger partial charge in [0, 0.05) is 24.7 Å². The molecule has 1 amide bonds. The minimum atomic E-state index is 0.219. The van der Waals surface area contributed by atoms with E-state index in [1.54, 1.807) is 0 Å². The Morgan fingerprint density at radius 2 is 1.95 bits per heavy atom. The van der Waals surface area contributed by atoms with Crippen LogP contribution in [0.2, 0.25) is 0 Å². The molecule has 0 aromatic heterocycles. The van der Waals surface area contributed by atoms with Gasteiger partial charge in [-0.1, -0.05) is 26.0 Å². The molecule has 0 spiro atoms. The second-order valence-corrected chi connectivity index (χ2v) is 5.70. The second-order valence-electron chi connectivity index (χ2n) is 5.70. The standard InChI is InChI=1S/C16H24N2O/c1-12(2)14-5-7-15(8-6-14)18-10-4-9-17-13(3)11-16(18)19/h5-8,12-13,17H,4,9-11H2,1-3H3. The molecule has 1 aliphatic rings. The third-order valence-electron chi connectivity index (χ3n) is 3.70. The van der Waals surface area contributed by atoms with Crippen LogP contribution in [0, 0.1) is 0 Å². The van der Waals surface area contributed by atoms with Crippen LogP contribution < -0.4 is 10.2 Å². The maximum atomic E-state index is 12.3. The van der Waals surface area contributed by atoms with E-state index in [0.29, 0.717) is 12.3 Å². The van der Waals surface area contributed by atoms with Crippen molar-refractivity contribution in [1.29, 1.82) is 0 Å². The summed E-state index contributed by atoms with van der Waals surface area (Å²) in [5, 5.41) is 3.36. The van der Waals surface area contributed by atoms with Crippen LogP contribution in [0.5, 0.6) is 0 Å². The minimum Gasteiger partial charge on any atom is -0.314 e. The predicted octanol–water partition coefficient (Wildman–Crippen LogP) is 2.91. The van der Waals surface area contributed by atoms with E-state index < -0.39 is 0 Å². The van der Waals surface area contributed by atoms with Gasteiger partial charge in [-0.3, -0.25) is 4.79 Å². The number of hydrogen-bond donors (Lipinski definition) is 1. The molecule has 0 aliphatic carbocycles. The Hall–Kier alpha value is -1.35. The number of nitrogens with one attached hydrogen (secondary N) is 1. The van der Waals surface area contributed by atoms with Gasteiger partial charge in [-0.2, -0.15) is 0 Å². The van der Waals surface area contributed by atoms with Gasteiger partial charge in [-0.15, -0.1) is 0 Å². The van der Waals surface area contributed by atoms with Crippen LogP contribution in [0.1, 0.15) is 45.1 Å². The molecule has 1 atom stereocenters. The van der Waals surface area contributed by atoms with Gasteiger partial charge >= 0.3 is 0 Å². The Morgan fingerprint density at radius 3 is 2.58 bits per heavy atom. The van der Waals surface area contributed by atoms with Gasteiger partial charge < -0.3 is 10.2 Å². The monoisotopic (exact) mass is 260 g/mol. The highest BCUT2D eigenvalue weighted by atomic mass is 16.2. The van der Waals surface area contributed by atoms with Crippen LogP contribution >= 0.6 is 0 Å². The van der Waals surface area contributed by atoms with Crippen LogP contribution in [0.25, 0.3) is 0 Å².